The third kappa shape index (κ3) is 3.40. The Morgan fingerprint density at radius 3 is 2.94 bits per heavy atom. The van der Waals surface area contributed by atoms with Gasteiger partial charge in [0, 0.05) is 18.8 Å². The van der Waals surface area contributed by atoms with Crippen molar-refractivity contribution in [1.82, 2.24) is 15.0 Å². The molecule has 18 heavy (non-hydrogen) atoms. The highest BCUT2D eigenvalue weighted by Crippen LogP contribution is 2.09. The van der Waals surface area contributed by atoms with Crippen molar-refractivity contribution in [3.05, 3.63) is 23.9 Å². The lowest BCUT2D eigenvalue weighted by atomic mass is 10.3. The highest BCUT2D eigenvalue weighted by molar-refractivity contribution is 7.89. The predicted octanol–water partition coefficient (Wildman–Crippen LogP) is 0.0153. The second-order valence-corrected chi connectivity index (χ2v) is 5.47. The number of rotatable bonds is 3. The Labute approximate surface area is 112 Å². The van der Waals surface area contributed by atoms with E-state index in [-0.39, 0.29) is 29.0 Å². The van der Waals surface area contributed by atoms with Gasteiger partial charge in [0.2, 0.25) is 0 Å². The van der Waals surface area contributed by atoms with Gasteiger partial charge in [-0.3, -0.25) is 0 Å². The van der Waals surface area contributed by atoms with Crippen molar-refractivity contribution in [3.63, 3.8) is 0 Å². The average molecular weight is 289 g/mol. The van der Waals surface area contributed by atoms with Crippen LogP contribution >= 0.6 is 12.4 Å². The van der Waals surface area contributed by atoms with Gasteiger partial charge in [-0.1, -0.05) is 0 Å². The molecule has 0 bridgehead atoms. The fourth-order valence-electron chi connectivity index (χ4n) is 1.66. The molecule has 1 saturated heterocycles. The van der Waals surface area contributed by atoms with E-state index in [4.69, 9.17) is 5.26 Å². The molecule has 6 nitrogen and oxygen atoms in total. The second-order valence-electron chi connectivity index (χ2n) is 3.81. The molecule has 0 amide bonds. The molecule has 1 fully saturated rings. The lowest BCUT2D eigenvalue weighted by molar-refractivity contribution is 0.556. The highest BCUT2D eigenvalue weighted by Gasteiger charge is 2.23. The first-order valence-electron chi connectivity index (χ1n) is 5.21. The Morgan fingerprint density at radius 1 is 1.56 bits per heavy atom. The van der Waals surface area contributed by atoms with Gasteiger partial charge in [-0.15, -0.1) is 12.4 Å². The maximum atomic E-state index is 11.9. The maximum Gasteiger partial charge on any atom is 0.258 e. The summed E-state index contributed by atoms with van der Waals surface area (Å²) in [5.41, 5.74) is 0.282. The third-order valence-corrected chi connectivity index (χ3v) is 3.94. The van der Waals surface area contributed by atoms with E-state index in [1.165, 1.54) is 18.3 Å². The van der Waals surface area contributed by atoms with E-state index in [0.29, 0.717) is 6.54 Å². The smallest absolute Gasteiger partial charge is 0.258 e. The van der Waals surface area contributed by atoms with Crippen molar-refractivity contribution in [1.29, 1.82) is 5.26 Å². The Bertz CT molecular complexity index is 549. The Hall–Kier alpha value is -1.20. The Morgan fingerprint density at radius 2 is 2.33 bits per heavy atom. The number of nitriles is 1. The molecule has 98 valence electrons. The first-order valence-corrected chi connectivity index (χ1v) is 6.69. The molecule has 2 N–H and O–H groups in total. The van der Waals surface area contributed by atoms with Gasteiger partial charge in [0.25, 0.3) is 10.0 Å². The number of sulfonamides is 1. The van der Waals surface area contributed by atoms with E-state index >= 15 is 0 Å². The van der Waals surface area contributed by atoms with Crippen LogP contribution in [0, 0.1) is 11.3 Å². The molecule has 0 aromatic carbocycles. The van der Waals surface area contributed by atoms with Crippen molar-refractivity contribution in [3.8, 4) is 6.07 Å². The van der Waals surface area contributed by atoms with Gasteiger partial charge in [-0.25, -0.2) is 18.1 Å². The average Bonchev–Trinajstić information content (AvgIpc) is 2.81. The molecular weight excluding hydrogens is 276 g/mol. The zero-order chi connectivity index (χ0) is 12.3. The molecule has 1 aliphatic rings. The summed E-state index contributed by atoms with van der Waals surface area (Å²) in [7, 11) is -3.63. The number of aromatic nitrogens is 1. The van der Waals surface area contributed by atoms with Gasteiger partial charge in [-0.2, -0.15) is 5.26 Å². The second kappa shape index (κ2) is 6.11. The standard InChI is InChI=1S/C10H12N4O2S.ClH/c11-6-8-1-4-13-10(5-8)17(15,16)14-9-2-3-12-7-9;/h1,4-5,9,12,14H,2-3,7H2;1H/t9-;/m1./s1. The van der Waals surface area contributed by atoms with Crippen molar-refractivity contribution in [2.45, 2.75) is 17.5 Å². The van der Waals surface area contributed by atoms with E-state index in [0.717, 1.165) is 13.0 Å². The number of pyridine rings is 1. The molecule has 2 heterocycles. The summed E-state index contributed by atoms with van der Waals surface area (Å²) in [5.74, 6) is 0. The summed E-state index contributed by atoms with van der Waals surface area (Å²) in [5, 5.41) is 11.7. The lowest BCUT2D eigenvalue weighted by Gasteiger charge is -2.11. The molecule has 8 heteroatoms. The van der Waals surface area contributed by atoms with Gasteiger partial charge < -0.3 is 5.32 Å². The van der Waals surface area contributed by atoms with Gasteiger partial charge in [-0.05, 0) is 25.1 Å². The molecule has 1 aliphatic heterocycles. The summed E-state index contributed by atoms with van der Waals surface area (Å²) in [6, 6.07) is 4.52. The minimum Gasteiger partial charge on any atom is -0.315 e. The summed E-state index contributed by atoms with van der Waals surface area (Å²) in [4.78, 5) is 3.78. The van der Waals surface area contributed by atoms with Crippen LogP contribution in [-0.4, -0.2) is 32.5 Å². The minimum atomic E-state index is -3.63. The van der Waals surface area contributed by atoms with Crippen molar-refractivity contribution in [2.75, 3.05) is 13.1 Å². The summed E-state index contributed by atoms with van der Waals surface area (Å²) < 4.78 is 26.5. The van der Waals surface area contributed by atoms with Gasteiger partial charge in [0.05, 0.1) is 11.6 Å². The summed E-state index contributed by atoms with van der Waals surface area (Å²) >= 11 is 0. The van der Waals surface area contributed by atoms with Gasteiger partial charge in [0.15, 0.2) is 5.03 Å². The van der Waals surface area contributed by atoms with Crippen LogP contribution in [0.3, 0.4) is 0 Å². The molecule has 1 atom stereocenters. The Balaban J connectivity index is 0.00000162. The van der Waals surface area contributed by atoms with Crippen molar-refractivity contribution < 1.29 is 8.42 Å². The normalized spacial score (nSPS) is 18.9. The SMILES string of the molecule is Cl.N#Cc1ccnc(S(=O)(=O)N[C@@H]2CCNC2)c1. The van der Waals surface area contributed by atoms with Crippen molar-refractivity contribution in [2.24, 2.45) is 0 Å². The fourth-order valence-corrected chi connectivity index (χ4v) is 2.90. The molecule has 0 unspecified atom stereocenters. The summed E-state index contributed by atoms with van der Waals surface area (Å²) in [6.45, 7) is 1.43. The molecule has 1 aromatic rings. The predicted molar refractivity (Wildman–Crippen MR) is 67.8 cm³/mol. The molecule has 2 rings (SSSR count). The monoisotopic (exact) mass is 288 g/mol. The number of hydrogen-bond acceptors (Lipinski definition) is 5. The van der Waals surface area contributed by atoms with Crippen LogP contribution in [0.15, 0.2) is 23.4 Å². The molecular formula is C10H13ClN4O2S. The molecule has 0 spiro atoms. The molecule has 0 radical (unpaired) electrons. The van der Waals surface area contributed by atoms with Crippen LogP contribution in [-0.2, 0) is 10.0 Å². The largest absolute Gasteiger partial charge is 0.315 e. The van der Waals surface area contributed by atoms with Crippen LogP contribution in [0.2, 0.25) is 0 Å². The van der Waals surface area contributed by atoms with Crippen LogP contribution in [0.5, 0.6) is 0 Å². The molecule has 0 aliphatic carbocycles. The van der Waals surface area contributed by atoms with Gasteiger partial charge in [0.1, 0.15) is 0 Å². The van der Waals surface area contributed by atoms with Crippen LogP contribution in [0.1, 0.15) is 12.0 Å². The van der Waals surface area contributed by atoms with Crippen LogP contribution in [0.25, 0.3) is 0 Å². The maximum absolute atomic E-state index is 11.9. The van der Waals surface area contributed by atoms with Crippen LogP contribution in [0.4, 0.5) is 0 Å². The third-order valence-electron chi connectivity index (χ3n) is 2.52. The zero-order valence-electron chi connectivity index (χ0n) is 9.46. The van der Waals surface area contributed by atoms with E-state index < -0.39 is 10.0 Å². The fraction of sp³-hybridized carbons (Fsp3) is 0.400. The molecule has 0 saturated carbocycles. The highest BCUT2D eigenvalue weighted by atomic mass is 35.5. The van der Waals surface area contributed by atoms with E-state index in [1.54, 1.807) is 0 Å². The van der Waals surface area contributed by atoms with Gasteiger partial charge >= 0.3 is 0 Å². The van der Waals surface area contributed by atoms with E-state index in [9.17, 15) is 8.42 Å². The zero-order valence-corrected chi connectivity index (χ0v) is 11.1. The first-order chi connectivity index (χ1) is 8.12. The van der Waals surface area contributed by atoms with Crippen LogP contribution < -0.4 is 10.0 Å². The topological polar surface area (TPSA) is 94.9 Å². The Kier molecular flexibility index (Phi) is 5.04. The lowest BCUT2D eigenvalue weighted by Crippen LogP contribution is -2.36. The number of halogens is 1. The van der Waals surface area contributed by atoms with E-state index in [2.05, 4.69) is 15.0 Å². The summed E-state index contributed by atoms with van der Waals surface area (Å²) in [6.07, 6.45) is 2.08. The number of nitrogens with zero attached hydrogens (tertiary/aromatic N) is 2. The quantitative estimate of drug-likeness (QED) is 0.817. The molecule has 1 aromatic heterocycles. The van der Waals surface area contributed by atoms with E-state index in [1.807, 2.05) is 6.07 Å². The number of nitrogens with one attached hydrogen (secondary N) is 2. The minimum absolute atomic E-state index is 0. The number of hydrogen-bond donors (Lipinski definition) is 2. The first kappa shape index (κ1) is 14.9. The van der Waals surface area contributed by atoms with Crippen molar-refractivity contribution >= 4 is 22.4 Å².